The molecule has 0 unspecified atom stereocenters. The van der Waals surface area contributed by atoms with Crippen molar-refractivity contribution >= 4 is 5.96 Å². The fourth-order valence-electron chi connectivity index (χ4n) is 3.67. The average Bonchev–Trinajstić information content (AvgIpc) is 2.65. The van der Waals surface area contributed by atoms with Crippen molar-refractivity contribution in [1.29, 1.82) is 0 Å². The lowest BCUT2D eigenvalue weighted by atomic mass is 9.86. The molecule has 1 heterocycles. The van der Waals surface area contributed by atoms with Crippen LogP contribution in [0, 0.1) is 5.92 Å². The van der Waals surface area contributed by atoms with Crippen molar-refractivity contribution in [1.82, 2.24) is 10.6 Å². The van der Waals surface area contributed by atoms with Gasteiger partial charge >= 0.3 is 0 Å². The summed E-state index contributed by atoms with van der Waals surface area (Å²) in [5.74, 6) is 1.89. The number of aliphatic imine (C=N–C) groups is 1. The second kappa shape index (κ2) is 12.5. The number of ether oxygens (including phenoxy) is 2. The molecule has 140 valence electrons. The topological polar surface area (TPSA) is 54.9 Å². The molecule has 0 spiro atoms. The highest BCUT2D eigenvalue weighted by Crippen LogP contribution is 2.26. The van der Waals surface area contributed by atoms with E-state index in [9.17, 15) is 0 Å². The molecule has 1 saturated heterocycles. The number of hydrogen-bond acceptors (Lipinski definition) is 3. The molecule has 0 radical (unpaired) electrons. The van der Waals surface area contributed by atoms with Gasteiger partial charge in [-0.3, -0.25) is 4.99 Å². The van der Waals surface area contributed by atoms with E-state index in [0.717, 1.165) is 64.1 Å². The van der Waals surface area contributed by atoms with E-state index in [2.05, 4.69) is 15.6 Å². The molecule has 2 aliphatic rings. The van der Waals surface area contributed by atoms with Gasteiger partial charge in [-0.25, -0.2) is 0 Å². The van der Waals surface area contributed by atoms with Gasteiger partial charge in [-0.1, -0.05) is 32.1 Å². The minimum Gasteiger partial charge on any atom is -0.381 e. The Balaban J connectivity index is 1.43. The minimum atomic E-state index is 0.399. The highest BCUT2D eigenvalue weighted by atomic mass is 16.5. The summed E-state index contributed by atoms with van der Waals surface area (Å²) < 4.78 is 11.2. The van der Waals surface area contributed by atoms with Gasteiger partial charge in [0.1, 0.15) is 0 Å². The zero-order valence-corrected chi connectivity index (χ0v) is 15.5. The molecule has 0 aromatic carbocycles. The van der Waals surface area contributed by atoms with E-state index in [1.54, 1.807) is 0 Å². The van der Waals surface area contributed by atoms with Gasteiger partial charge in [-0.15, -0.1) is 0 Å². The molecule has 0 bridgehead atoms. The van der Waals surface area contributed by atoms with Gasteiger partial charge in [0.25, 0.3) is 0 Å². The van der Waals surface area contributed by atoms with Crippen LogP contribution in [-0.4, -0.2) is 52.0 Å². The molecule has 2 N–H and O–H groups in total. The van der Waals surface area contributed by atoms with Crippen LogP contribution in [0.5, 0.6) is 0 Å². The van der Waals surface area contributed by atoms with E-state index in [1.165, 1.54) is 44.9 Å². The number of rotatable bonds is 9. The van der Waals surface area contributed by atoms with E-state index in [-0.39, 0.29) is 0 Å². The van der Waals surface area contributed by atoms with Crippen LogP contribution < -0.4 is 10.6 Å². The summed E-state index contributed by atoms with van der Waals surface area (Å²) in [6.07, 6.45) is 13.3. The fourth-order valence-corrected chi connectivity index (χ4v) is 3.67. The molecule has 2 rings (SSSR count). The normalized spacial score (nSPS) is 21.0. The Bertz CT molecular complexity index is 338. The van der Waals surface area contributed by atoms with Crippen molar-refractivity contribution in [2.45, 2.75) is 70.3 Å². The monoisotopic (exact) mass is 339 g/mol. The third-order valence-corrected chi connectivity index (χ3v) is 5.17. The summed E-state index contributed by atoms with van der Waals surface area (Å²) in [5.41, 5.74) is 0. The largest absolute Gasteiger partial charge is 0.381 e. The maximum Gasteiger partial charge on any atom is 0.190 e. The van der Waals surface area contributed by atoms with Gasteiger partial charge in [0.2, 0.25) is 0 Å². The summed E-state index contributed by atoms with van der Waals surface area (Å²) in [6.45, 7) is 4.44. The molecule has 24 heavy (non-hydrogen) atoms. The SMILES string of the molecule is CN=C(NCCCOC1CCOCC1)NCCCC1CCCCC1. The summed E-state index contributed by atoms with van der Waals surface area (Å²) >= 11 is 0. The molecule has 1 saturated carbocycles. The van der Waals surface area contributed by atoms with Crippen LogP contribution >= 0.6 is 0 Å². The second-order valence-corrected chi connectivity index (χ2v) is 7.11. The van der Waals surface area contributed by atoms with Crippen molar-refractivity contribution in [2.24, 2.45) is 10.9 Å². The van der Waals surface area contributed by atoms with Crippen molar-refractivity contribution in [3.05, 3.63) is 0 Å². The third-order valence-electron chi connectivity index (χ3n) is 5.17. The van der Waals surface area contributed by atoms with Crippen LogP contribution in [0.1, 0.15) is 64.2 Å². The van der Waals surface area contributed by atoms with E-state index in [4.69, 9.17) is 9.47 Å². The first-order valence-electron chi connectivity index (χ1n) is 10.0. The number of nitrogens with zero attached hydrogens (tertiary/aromatic N) is 1. The first-order chi connectivity index (χ1) is 11.9. The van der Waals surface area contributed by atoms with Gasteiger partial charge in [0.05, 0.1) is 6.10 Å². The van der Waals surface area contributed by atoms with E-state index >= 15 is 0 Å². The Morgan fingerprint density at radius 2 is 1.71 bits per heavy atom. The number of hydrogen-bond donors (Lipinski definition) is 2. The molecular formula is C19H37N3O2. The molecule has 2 fully saturated rings. The lowest BCUT2D eigenvalue weighted by molar-refractivity contribution is -0.0320. The van der Waals surface area contributed by atoms with Gasteiger partial charge in [-0.2, -0.15) is 0 Å². The van der Waals surface area contributed by atoms with Crippen LogP contribution in [0.25, 0.3) is 0 Å². The summed E-state index contributed by atoms with van der Waals surface area (Å²) in [5, 5.41) is 6.81. The smallest absolute Gasteiger partial charge is 0.190 e. The molecular weight excluding hydrogens is 302 g/mol. The molecule has 0 amide bonds. The van der Waals surface area contributed by atoms with Crippen LogP contribution in [0.2, 0.25) is 0 Å². The molecule has 1 aliphatic carbocycles. The Kier molecular flexibility index (Phi) is 10.2. The zero-order chi connectivity index (χ0) is 16.9. The standard InChI is InChI=1S/C19H37N3O2/c1-20-19(21-12-5-9-17-7-3-2-4-8-17)22-13-6-14-24-18-10-15-23-16-11-18/h17-18H,2-16H2,1H3,(H2,20,21,22). The van der Waals surface area contributed by atoms with Crippen LogP contribution in [0.3, 0.4) is 0 Å². The zero-order valence-electron chi connectivity index (χ0n) is 15.5. The van der Waals surface area contributed by atoms with Crippen molar-refractivity contribution < 1.29 is 9.47 Å². The highest BCUT2D eigenvalue weighted by Gasteiger charge is 2.14. The molecule has 5 nitrogen and oxygen atoms in total. The second-order valence-electron chi connectivity index (χ2n) is 7.11. The van der Waals surface area contributed by atoms with Gasteiger partial charge in [0.15, 0.2) is 5.96 Å². The minimum absolute atomic E-state index is 0.399. The van der Waals surface area contributed by atoms with Crippen molar-refractivity contribution in [2.75, 3.05) is 40.0 Å². The molecule has 0 aromatic heterocycles. The van der Waals surface area contributed by atoms with Crippen molar-refractivity contribution in [3.63, 3.8) is 0 Å². The van der Waals surface area contributed by atoms with Crippen LogP contribution in [-0.2, 0) is 9.47 Å². The van der Waals surface area contributed by atoms with Gasteiger partial charge < -0.3 is 20.1 Å². The van der Waals surface area contributed by atoms with Crippen LogP contribution in [0.15, 0.2) is 4.99 Å². The summed E-state index contributed by atoms with van der Waals surface area (Å²) in [4.78, 5) is 4.30. The van der Waals surface area contributed by atoms with E-state index < -0.39 is 0 Å². The first kappa shape index (κ1) is 19.5. The lowest BCUT2D eigenvalue weighted by Crippen LogP contribution is -2.38. The first-order valence-corrected chi connectivity index (χ1v) is 10.0. The number of guanidine groups is 1. The fraction of sp³-hybridized carbons (Fsp3) is 0.947. The molecule has 5 heteroatoms. The van der Waals surface area contributed by atoms with Crippen LogP contribution in [0.4, 0.5) is 0 Å². The van der Waals surface area contributed by atoms with Crippen molar-refractivity contribution in [3.8, 4) is 0 Å². The summed E-state index contributed by atoms with van der Waals surface area (Å²) in [7, 11) is 1.84. The molecule has 1 aliphatic heterocycles. The maximum absolute atomic E-state index is 5.88. The Morgan fingerprint density at radius 1 is 1.00 bits per heavy atom. The van der Waals surface area contributed by atoms with E-state index in [1.807, 2.05) is 7.05 Å². The van der Waals surface area contributed by atoms with E-state index in [0.29, 0.717) is 6.10 Å². The molecule has 0 atom stereocenters. The quantitative estimate of drug-likeness (QED) is 0.385. The predicted molar refractivity (Wildman–Crippen MR) is 99.6 cm³/mol. The average molecular weight is 340 g/mol. The lowest BCUT2D eigenvalue weighted by Gasteiger charge is -2.22. The highest BCUT2D eigenvalue weighted by molar-refractivity contribution is 5.79. The summed E-state index contributed by atoms with van der Waals surface area (Å²) in [6, 6.07) is 0. The maximum atomic E-state index is 5.88. The molecule has 0 aromatic rings. The Labute approximate surface area is 148 Å². The van der Waals surface area contributed by atoms with Gasteiger partial charge in [0, 0.05) is 40.0 Å². The predicted octanol–water partition coefficient (Wildman–Crippen LogP) is 3.10. The number of nitrogens with one attached hydrogen (secondary N) is 2. The Hall–Kier alpha value is -0.810. The van der Waals surface area contributed by atoms with Gasteiger partial charge in [-0.05, 0) is 38.0 Å². The third kappa shape index (κ3) is 8.34. The Morgan fingerprint density at radius 3 is 2.42 bits per heavy atom.